The maximum atomic E-state index is 14.5. The summed E-state index contributed by atoms with van der Waals surface area (Å²) in [5, 5.41) is 3.05. The molecule has 0 unspecified atom stereocenters. The SMILES string of the molecule is CC[C@H](C)NC(=O)[C@H](Cc1ccccc1)N(Cc1ccc(Br)cc1)C(=O)CN(c1ccc(Br)cc1)S(=O)(=O)c1ccccc1. The van der Waals surface area contributed by atoms with Gasteiger partial charge >= 0.3 is 0 Å². The van der Waals surface area contributed by atoms with Gasteiger partial charge in [-0.2, -0.15) is 0 Å². The Labute approximate surface area is 276 Å². The lowest BCUT2D eigenvalue weighted by Crippen LogP contribution is -2.54. The summed E-state index contributed by atoms with van der Waals surface area (Å²) in [7, 11) is -4.14. The topological polar surface area (TPSA) is 86.8 Å². The summed E-state index contributed by atoms with van der Waals surface area (Å²) in [6.07, 6.45) is 0.978. The van der Waals surface area contributed by atoms with Crippen molar-refractivity contribution in [2.75, 3.05) is 10.8 Å². The number of carbonyl (C=O) groups is 2. The number of carbonyl (C=O) groups excluding carboxylic acids is 2. The van der Waals surface area contributed by atoms with E-state index < -0.39 is 28.5 Å². The number of hydrogen-bond donors (Lipinski definition) is 1. The molecule has 0 aromatic heterocycles. The second-order valence-corrected chi connectivity index (χ2v) is 14.2. The third kappa shape index (κ3) is 8.80. The van der Waals surface area contributed by atoms with Gasteiger partial charge in [-0.05, 0) is 73.0 Å². The molecular weight excluding hydrogens is 706 g/mol. The van der Waals surface area contributed by atoms with Gasteiger partial charge in [0, 0.05) is 28.0 Å². The molecule has 0 aliphatic heterocycles. The van der Waals surface area contributed by atoms with Crippen LogP contribution < -0.4 is 9.62 Å². The van der Waals surface area contributed by atoms with E-state index in [9.17, 15) is 18.0 Å². The quantitative estimate of drug-likeness (QED) is 0.161. The van der Waals surface area contributed by atoms with Crippen LogP contribution in [0.15, 0.2) is 123 Å². The number of sulfonamides is 1. The first-order chi connectivity index (χ1) is 21.1. The van der Waals surface area contributed by atoms with Crippen LogP contribution in [-0.2, 0) is 32.6 Å². The predicted octanol–water partition coefficient (Wildman–Crippen LogP) is 6.96. The lowest BCUT2D eigenvalue weighted by molar-refractivity contribution is -0.140. The molecule has 0 aliphatic rings. The molecular formula is C34H35Br2N3O4S. The molecule has 44 heavy (non-hydrogen) atoms. The van der Waals surface area contributed by atoms with Crippen molar-refractivity contribution in [3.05, 3.63) is 129 Å². The average molecular weight is 742 g/mol. The van der Waals surface area contributed by atoms with E-state index in [1.54, 1.807) is 42.5 Å². The van der Waals surface area contributed by atoms with E-state index >= 15 is 0 Å². The zero-order valence-electron chi connectivity index (χ0n) is 24.6. The highest BCUT2D eigenvalue weighted by atomic mass is 79.9. The van der Waals surface area contributed by atoms with Gasteiger partial charge in [-0.25, -0.2) is 8.42 Å². The van der Waals surface area contributed by atoms with Crippen molar-refractivity contribution in [1.29, 1.82) is 0 Å². The standard InChI is InChI=1S/C34H35Br2N3O4S/c1-3-25(2)37-34(41)32(22-26-10-6-4-7-11-26)38(23-27-14-16-28(35)17-15-27)33(40)24-39(30-20-18-29(36)19-21-30)44(42,43)31-12-8-5-9-13-31/h4-21,25,32H,3,22-24H2,1-2H3,(H,37,41)/t25-,32-/m0/s1. The lowest BCUT2D eigenvalue weighted by Gasteiger charge is -2.34. The van der Waals surface area contributed by atoms with Crippen LogP contribution in [0.3, 0.4) is 0 Å². The van der Waals surface area contributed by atoms with Gasteiger partial charge in [0.05, 0.1) is 10.6 Å². The number of halogens is 2. The first kappa shape index (κ1) is 33.4. The van der Waals surface area contributed by atoms with Crippen LogP contribution in [0.2, 0.25) is 0 Å². The summed E-state index contributed by atoms with van der Waals surface area (Å²) in [6.45, 7) is 3.50. The van der Waals surface area contributed by atoms with Crippen LogP contribution in [-0.4, -0.2) is 43.8 Å². The molecule has 0 radical (unpaired) electrons. The maximum Gasteiger partial charge on any atom is 0.264 e. The second-order valence-electron chi connectivity index (χ2n) is 10.5. The van der Waals surface area contributed by atoms with Crippen molar-refractivity contribution >= 4 is 59.4 Å². The fourth-order valence-electron chi connectivity index (χ4n) is 4.64. The monoisotopic (exact) mass is 739 g/mol. The summed E-state index contributed by atoms with van der Waals surface area (Å²) in [6, 6.07) is 30.8. The molecule has 10 heteroatoms. The number of hydrogen-bond acceptors (Lipinski definition) is 4. The molecule has 4 rings (SSSR count). The summed E-state index contributed by atoms with van der Waals surface area (Å²) in [5.41, 5.74) is 2.02. The molecule has 0 bridgehead atoms. The minimum absolute atomic E-state index is 0.0607. The molecule has 230 valence electrons. The van der Waals surface area contributed by atoms with E-state index in [-0.39, 0.29) is 29.8 Å². The van der Waals surface area contributed by atoms with Crippen molar-refractivity contribution in [1.82, 2.24) is 10.2 Å². The molecule has 0 heterocycles. The van der Waals surface area contributed by atoms with Crippen LogP contribution in [0.4, 0.5) is 5.69 Å². The largest absolute Gasteiger partial charge is 0.352 e. The number of nitrogens with one attached hydrogen (secondary N) is 1. The average Bonchev–Trinajstić information content (AvgIpc) is 3.03. The molecule has 4 aromatic carbocycles. The third-order valence-electron chi connectivity index (χ3n) is 7.26. The Morgan fingerprint density at radius 1 is 0.773 bits per heavy atom. The van der Waals surface area contributed by atoms with Crippen LogP contribution in [0.5, 0.6) is 0 Å². The van der Waals surface area contributed by atoms with Gasteiger partial charge in [-0.1, -0.05) is 99.4 Å². The summed E-state index contributed by atoms with van der Waals surface area (Å²) in [4.78, 5) is 29.9. The van der Waals surface area contributed by atoms with Crippen LogP contribution >= 0.6 is 31.9 Å². The molecule has 2 atom stereocenters. The molecule has 0 saturated heterocycles. The first-order valence-corrected chi connectivity index (χ1v) is 17.3. The molecule has 0 aliphatic carbocycles. The van der Waals surface area contributed by atoms with Crippen LogP contribution in [0.25, 0.3) is 0 Å². The van der Waals surface area contributed by atoms with Gasteiger partial charge in [0.2, 0.25) is 11.8 Å². The Morgan fingerprint density at radius 2 is 1.32 bits per heavy atom. The van der Waals surface area contributed by atoms with Gasteiger partial charge < -0.3 is 10.2 Å². The Balaban J connectivity index is 1.79. The van der Waals surface area contributed by atoms with Gasteiger partial charge in [0.15, 0.2) is 0 Å². The predicted molar refractivity (Wildman–Crippen MR) is 182 cm³/mol. The Bertz CT molecular complexity index is 1640. The lowest BCUT2D eigenvalue weighted by atomic mass is 10.0. The highest BCUT2D eigenvalue weighted by Crippen LogP contribution is 2.26. The van der Waals surface area contributed by atoms with Crippen molar-refractivity contribution in [2.24, 2.45) is 0 Å². The smallest absolute Gasteiger partial charge is 0.264 e. The maximum absolute atomic E-state index is 14.5. The third-order valence-corrected chi connectivity index (χ3v) is 10.1. The molecule has 2 amide bonds. The zero-order valence-corrected chi connectivity index (χ0v) is 28.6. The Hall–Kier alpha value is -3.47. The molecule has 0 fully saturated rings. The fraction of sp³-hybridized carbons (Fsp3) is 0.235. The normalized spacial score (nSPS) is 12.6. The molecule has 0 saturated carbocycles. The van der Waals surface area contributed by atoms with Gasteiger partial charge in [0.1, 0.15) is 12.6 Å². The summed E-state index contributed by atoms with van der Waals surface area (Å²) < 4.78 is 30.8. The first-order valence-electron chi connectivity index (χ1n) is 14.3. The second kappa shape index (κ2) is 15.5. The van der Waals surface area contributed by atoms with Gasteiger partial charge in [-0.15, -0.1) is 0 Å². The molecule has 7 nitrogen and oxygen atoms in total. The molecule has 4 aromatic rings. The zero-order chi connectivity index (χ0) is 31.7. The van der Waals surface area contributed by atoms with Crippen LogP contribution in [0.1, 0.15) is 31.4 Å². The number of anilines is 1. The summed E-state index contributed by atoms with van der Waals surface area (Å²) in [5.74, 6) is -0.801. The van der Waals surface area contributed by atoms with Crippen LogP contribution in [0, 0.1) is 0 Å². The highest BCUT2D eigenvalue weighted by molar-refractivity contribution is 9.10. The number of nitrogens with zero attached hydrogens (tertiary/aromatic N) is 2. The van der Waals surface area contributed by atoms with Crippen molar-refractivity contribution in [2.45, 2.75) is 50.2 Å². The van der Waals surface area contributed by atoms with Gasteiger partial charge in [-0.3, -0.25) is 13.9 Å². The Morgan fingerprint density at radius 3 is 1.89 bits per heavy atom. The minimum atomic E-state index is -4.14. The highest BCUT2D eigenvalue weighted by Gasteiger charge is 2.35. The van der Waals surface area contributed by atoms with E-state index in [1.165, 1.54) is 17.0 Å². The summed E-state index contributed by atoms with van der Waals surface area (Å²) >= 11 is 6.87. The number of rotatable bonds is 13. The van der Waals surface area contributed by atoms with E-state index in [4.69, 9.17) is 0 Å². The fourth-order valence-corrected chi connectivity index (χ4v) is 6.60. The minimum Gasteiger partial charge on any atom is -0.352 e. The number of amides is 2. The van der Waals surface area contributed by atoms with Crippen molar-refractivity contribution in [3.63, 3.8) is 0 Å². The Kier molecular flexibility index (Phi) is 11.8. The van der Waals surface area contributed by atoms with Crippen molar-refractivity contribution < 1.29 is 18.0 Å². The van der Waals surface area contributed by atoms with E-state index in [0.717, 1.165) is 30.8 Å². The molecule has 0 spiro atoms. The number of benzene rings is 4. The molecule has 1 N–H and O–H groups in total. The van der Waals surface area contributed by atoms with E-state index in [1.807, 2.05) is 68.4 Å². The van der Waals surface area contributed by atoms with E-state index in [0.29, 0.717) is 5.69 Å². The van der Waals surface area contributed by atoms with Gasteiger partial charge in [0.25, 0.3) is 10.0 Å². The van der Waals surface area contributed by atoms with Crippen molar-refractivity contribution in [3.8, 4) is 0 Å². The van der Waals surface area contributed by atoms with E-state index in [2.05, 4.69) is 37.2 Å².